The standard InChI is InChI=1S/C27H26P2.2ClH.Ni/c1-5-14-24(15-6-1)28(25-16-7-2-8-17-25)22-13-23-29(26-18-9-3-10-19-26)27-20-11-4-12-21-27;;;/h1-12,14-21H,13,22-23H2;2*1H;/q;;;+1/p-2. The van der Waals surface area contributed by atoms with Gasteiger partial charge in [-0.05, 0) is 55.8 Å². The molecule has 0 radical (unpaired) electrons. The molecular weight excluding hydrogens is 516 g/mol. The molecule has 32 heavy (non-hydrogen) atoms. The fourth-order valence-electron chi connectivity index (χ4n) is 3.63. The summed E-state index contributed by atoms with van der Waals surface area (Å²) < 4.78 is 0. The first-order valence-corrected chi connectivity index (χ1v) is 16.2. The third kappa shape index (κ3) is 7.99. The minimum Gasteiger partial charge on any atom is -0.0622 e. The van der Waals surface area contributed by atoms with Gasteiger partial charge in [0, 0.05) is 0 Å². The molecule has 4 aromatic carbocycles. The first kappa shape index (κ1) is 25.4. The molecule has 0 nitrogen and oxygen atoms in total. The van der Waals surface area contributed by atoms with Crippen molar-refractivity contribution in [2.75, 3.05) is 12.3 Å². The van der Waals surface area contributed by atoms with Crippen molar-refractivity contribution < 1.29 is 12.7 Å². The van der Waals surface area contributed by atoms with Gasteiger partial charge >= 0.3 is 33.0 Å². The molecule has 0 spiro atoms. The summed E-state index contributed by atoms with van der Waals surface area (Å²) in [6, 6.07) is 44.3. The normalized spacial score (nSPS) is 10.8. The van der Waals surface area contributed by atoms with Crippen molar-refractivity contribution >= 4 is 57.4 Å². The Balaban J connectivity index is 0.000000913. The van der Waals surface area contributed by atoms with Gasteiger partial charge in [-0.25, -0.2) is 0 Å². The molecule has 0 fully saturated rings. The predicted molar refractivity (Wildman–Crippen MR) is 144 cm³/mol. The van der Waals surface area contributed by atoms with Crippen molar-refractivity contribution in [1.82, 2.24) is 0 Å². The second-order valence-corrected chi connectivity index (χ2v) is 13.3. The van der Waals surface area contributed by atoms with Crippen molar-refractivity contribution in [3.63, 3.8) is 0 Å². The smallest absolute Gasteiger partial charge is 0.0195 e. The number of rotatable bonds is 8. The van der Waals surface area contributed by atoms with Crippen LogP contribution in [0.25, 0.3) is 0 Å². The van der Waals surface area contributed by atoms with E-state index in [1.165, 1.54) is 40.0 Å². The van der Waals surface area contributed by atoms with Crippen molar-refractivity contribution in [2.45, 2.75) is 6.42 Å². The SMILES string of the molecule is [Cl][Ni-][Cl].c1ccc(P(CCCP(c2ccccc2)c2ccccc2)c2ccccc2)cc1. The largest absolute Gasteiger partial charge is 0.0622 e. The zero-order valence-electron chi connectivity index (χ0n) is 17.6. The minimum atomic E-state index is -0.309. The van der Waals surface area contributed by atoms with Crippen molar-refractivity contribution in [2.24, 2.45) is 0 Å². The van der Waals surface area contributed by atoms with E-state index in [-0.39, 0.29) is 15.8 Å². The predicted octanol–water partition coefficient (Wildman–Crippen LogP) is 7.02. The van der Waals surface area contributed by atoms with Crippen LogP contribution < -0.4 is 21.2 Å². The average molecular weight is 542 g/mol. The Hall–Kier alpha value is -1.19. The van der Waals surface area contributed by atoms with Crippen LogP contribution in [0.3, 0.4) is 0 Å². The van der Waals surface area contributed by atoms with E-state index in [1.807, 2.05) is 0 Å². The van der Waals surface area contributed by atoms with Crippen LogP contribution in [-0.2, 0) is 12.7 Å². The topological polar surface area (TPSA) is 0 Å². The Labute approximate surface area is 209 Å². The molecule has 0 bridgehead atoms. The molecule has 0 saturated carbocycles. The van der Waals surface area contributed by atoms with Gasteiger partial charge in [0.2, 0.25) is 0 Å². The fourth-order valence-corrected chi connectivity index (χ4v) is 8.59. The van der Waals surface area contributed by atoms with E-state index in [4.69, 9.17) is 20.4 Å². The van der Waals surface area contributed by atoms with Gasteiger partial charge in [-0.1, -0.05) is 121 Å². The summed E-state index contributed by atoms with van der Waals surface area (Å²) in [5.41, 5.74) is 0. The van der Waals surface area contributed by atoms with E-state index in [0.29, 0.717) is 12.7 Å². The Morgan fingerprint density at radius 2 is 0.656 bits per heavy atom. The molecule has 0 saturated heterocycles. The van der Waals surface area contributed by atoms with Gasteiger partial charge in [-0.2, -0.15) is 0 Å². The van der Waals surface area contributed by atoms with Crippen molar-refractivity contribution in [3.05, 3.63) is 121 Å². The van der Waals surface area contributed by atoms with Gasteiger partial charge in [0.1, 0.15) is 0 Å². The summed E-state index contributed by atoms with van der Waals surface area (Å²) in [4.78, 5) is 0. The van der Waals surface area contributed by atoms with Crippen LogP contribution in [0.2, 0.25) is 0 Å². The summed E-state index contributed by atoms with van der Waals surface area (Å²) in [7, 11) is 8.78. The molecule has 0 aliphatic carbocycles. The van der Waals surface area contributed by atoms with E-state index in [0.717, 1.165) is 0 Å². The van der Waals surface area contributed by atoms with Gasteiger partial charge in [0.15, 0.2) is 0 Å². The number of hydrogen-bond acceptors (Lipinski definition) is 0. The maximum absolute atomic E-state index is 4.70. The summed E-state index contributed by atoms with van der Waals surface area (Å²) in [6.07, 6.45) is 3.72. The molecule has 4 rings (SSSR count). The molecule has 4 aromatic rings. The molecule has 169 valence electrons. The third-order valence-corrected chi connectivity index (χ3v) is 10.2. The molecule has 0 aromatic heterocycles. The van der Waals surface area contributed by atoms with E-state index < -0.39 is 0 Å². The molecule has 0 aliphatic heterocycles. The monoisotopic (exact) mass is 540 g/mol. The third-order valence-electron chi connectivity index (χ3n) is 5.03. The summed E-state index contributed by atoms with van der Waals surface area (Å²) in [5, 5.41) is 5.94. The van der Waals surface area contributed by atoms with Crippen LogP contribution in [0, 0.1) is 0 Å². The van der Waals surface area contributed by atoms with E-state index in [1.54, 1.807) is 0 Å². The summed E-state index contributed by atoms with van der Waals surface area (Å²) >= 11 is 0.569. The van der Waals surface area contributed by atoms with Gasteiger partial charge in [0.25, 0.3) is 0 Å². The summed E-state index contributed by atoms with van der Waals surface area (Å²) in [5.74, 6) is 0. The van der Waals surface area contributed by atoms with Gasteiger partial charge in [-0.15, -0.1) is 0 Å². The first-order chi connectivity index (χ1) is 15.8. The quantitative estimate of drug-likeness (QED) is 0.166. The molecule has 0 amide bonds. The van der Waals surface area contributed by atoms with Crippen LogP contribution in [0.15, 0.2) is 121 Å². The second-order valence-electron chi connectivity index (χ2n) is 7.04. The molecule has 0 N–H and O–H groups in total. The van der Waals surface area contributed by atoms with Crippen LogP contribution in [0.1, 0.15) is 6.42 Å². The number of benzene rings is 4. The Bertz CT molecular complexity index is 841. The molecule has 0 unspecified atom stereocenters. The zero-order chi connectivity index (χ0) is 22.4. The van der Waals surface area contributed by atoms with Crippen molar-refractivity contribution in [1.29, 1.82) is 0 Å². The van der Waals surface area contributed by atoms with E-state index in [2.05, 4.69) is 121 Å². The molecule has 5 heteroatoms. The first-order valence-electron chi connectivity index (χ1n) is 10.4. The van der Waals surface area contributed by atoms with E-state index >= 15 is 0 Å². The number of hydrogen-bond donors (Lipinski definition) is 0. The maximum Gasteiger partial charge on any atom is -0.0195 e. The number of halogens is 2. The van der Waals surface area contributed by atoms with Crippen molar-refractivity contribution in [3.8, 4) is 0 Å². The van der Waals surface area contributed by atoms with Crippen LogP contribution >= 0.6 is 36.2 Å². The fraction of sp³-hybridized carbons (Fsp3) is 0.111. The van der Waals surface area contributed by atoms with Crippen LogP contribution in [-0.4, -0.2) is 12.3 Å². The Morgan fingerprint density at radius 1 is 0.438 bits per heavy atom. The van der Waals surface area contributed by atoms with E-state index in [9.17, 15) is 0 Å². The second kappa shape index (κ2) is 14.9. The molecule has 0 aliphatic rings. The average Bonchev–Trinajstić information content (AvgIpc) is 2.87. The van der Waals surface area contributed by atoms with Crippen LogP contribution in [0.4, 0.5) is 0 Å². The Morgan fingerprint density at radius 3 is 0.875 bits per heavy atom. The molecular formula is C27H26Cl2NiP2-. The van der Waals surface area contributed by atoms with Gasteiger partial charge < -0.3 is 0 Å². The van der Waals surface area contributed by atoms with Gasteiger partial charge in [0.05, 0.1) is 0 Å². The summed E-state index contributed by atoms with van der Waals surface area (Å²) in [6.45, 7) is 0. The van der Waals surface area contributed by atoms with Gasteiger partial charge in [-0.3, -0.25) is 0 Å². The molecule has 0 heterocycles. The maximum atomic E-state index is 4.70. The van der Waals surface area contributed by atoms with Crippen LogP contribution in [0.5, 0.6) is 0 Å². The minimum absolute atomic E-state index is 0.309. The molecule has 0 atom stereocenters. The Kier molecular flexibility index (Phi) is 11.8. The zero-order valence-corrected chi connectivity index (χ0v) is 21.9.